The summed E-state index contributed by atoms with van der Waals surface area (Å²) in [5.74, 6) is -1.30. The summed E-state index contributed by atoms with van der Waals surface area (Å²) in [6.07, 6.45) is -3.23. The first kappa shape index (κ1) is 31.1. The predicted molar refractivity (Wildman–Crippen MR) is 152 cm³/mol. The summed E-state index contributed by atoms with van der Waals surface area (Å²) in [7, 11) is 5.32. The molecule has 222 valence electrons. The van der Waals surface area contributed by atoms with Gasteiger partial charge < -0.3 is 15.0 Å². The maximum atomic E-state index is 15.5. The summed E-state index contributed by atoms with van der Waals surface area (Å²) in [6.45, 7) is 3.73. The van der Waals surface area contributed by atoms with Gasteiger partial charge >= 0.3 is 6.18 Å². The molecule has 0 amide bonds. The molecular weight excluding hydrogens is 561 g/mol. The molecule has 3 aromatic rings. The van der Waals surface area contributed by atoms with Crippen molar-refractivity contribution in [3.05, 3.63) is 80.6 Å². The fourth-order valence-electron chi connectivity index (χ4n) is 5.23. The molecule has 1 N–H and O–H groups in total. The quantitative estimate of drug-likeness (QED) is 0.208. The Morgan fingerprint density at radius 3 is 2.51 bits per heavy atom. The lowest BCUT2D eigenvalue weighted by Gasteiger charge is -2.22. The Balaban J connectivity index is 1.82. The summed E-state index contributed by atoms with van der Waals surface area (Å²) in [4.78, 5) is 16.1. The first-order valence-corrected chi connectivity index (χ1v) is 14.4. The van der Waals surface area contributed by atoms with Gasteiger partial charge in [-0.2, -0.15) is 13.2 Å². The fraction of sp³-hybridized carbons (Fsp3) is 0.433. The van der Waals surface area contributed by atoms with E-state index in [-0.39, 0.29) is 22.9 Å². The van der Waals surface area contributed by atoms with Crippen LogP contribution in [0.3, 0.4) is 0 Å². The van der Waals surface area contributed by atoms with E-state index < -0.39 is 40.9 Å². The van der Waals surface area contributed by atoms with Crippen LogP contribution in [0.2, 0.25) is 0 Å². The monoisotopic (exact) mass is 595 g/mol. The summed E-state index contributed by atoms with van der Waals surface area (Å²) in [5, 5.41) is 3.87. The average molecular weight is 596 g/mol. The highest BCUT2D eigenvalue weighted by atomic mass is 32.2. The van der Waals surface area contributed by atoms with Gasteiger partial charge in [-0.1, -0.05) is 18.2 Å². The van der Waals surface area contributed by atoms with Crippen molar-refractivity contribution >= 4 is 11.8 Å². The van der Waals surface area contributed by atoms with Crippen LogP contribution in [0.4, 0.5) is 22.0 Å². The topological polar surface area (TPSA) is 46.5 Å². The van der Waals surface area contributed by atoms with Gasteiger partial charge in [0.1, 0.15) is 5.82 Å². The Hall–Kier alpha value is -2.89. The molecule has 2 heterocycles. The number of fused-ring (bicyclic) bond motifs is 1. The molecule has 11 heteroatoms. The van der Waals surface area contributed by atoms with Gasteiger partial charge in [0.25, 0.3) is 5.56 Å². The Morgan fingerprint density at radius 1 is 1.10 bits per heavy atom. The Morgan fingerprint density at radius 2 is 1.83 bits per heavy atom. The van der Waals surface area contributed by atoms with E-state index in [0.29, 0.717) is 28.5 Å². The number of hydrogen-bond acceptors (Lipinski definition) is 5. The molecule has 0 saturated carbocycles. The standard InChI is InChI=1S/C30H34F5N3O2S/c1-18-21(15-22-23(30(33,34)35)10-8-11-24(22)31)29-38(19(17-41-29)16-36-13-5-6-14-37(2)3)28(39)26(18)20-9-7-12-25(40-4)27(20)32/h7-12,19,36H,5-6,13-17H2,1-4H3. The fourth-order valence-corrected chi connectivity index (χ4v) is 6.62. The molecule has 0 bridgehead atoms. The van der Waals surface area contributed by atoms with Crippen molar-refractivity contribution in [2.24, 2.45) is 0 Å². The second kappa shape index (κ2) is 13.0. The first-order valence-electron chi connectivity index (χ1n) is 13.4. The molecule has 1 aliphatic heterocycles. The van der Waals surface area contributed by atoms with Crippen molar-refractivity contribution in [2.45, 2.75) is 43.4 Å². The molecule has 1 aliphatic rings. The van der Waals surface area contributed by atoms with E-state index in [2.05, 4.69) is 10.2 Å². The first-order chi connectivity index (χ1) is 19.5. The molecule has 2 aromatic carbocycles. The molecule has 1 aromatic heterocycles. The van der Waals surface area contributed by atoms with Crippen LogP contribution in [0.15, 0.2) is 46.2 Å². The highest BCUT2D eigenvalue weighted by Gasteiger charge is 2.36. The third-order valence-electron chi connectivity index (χ3n) is 7.33. The molecule has 0 fully saturated rings. The van der Waals surface area contributed by atoms with Crippen molar-refractivity contribution in [3.63, 3.8) is 0 Å². The minimum Gasteiger partial charge on any atom is -0.494 e. The minimum atomic E-state index is -4.77. The second-order valence-corrected chi connectivity index (χ2v) is 11.4. The van der Waals surface area contributed by atoms with Crippen LogP contribution < -0.4 is 15.6 Å². The molecule has 0 saturated heterocycles. The van der Waals surface area contributed by atoms with Gasteiger partial charge in [0.05, 0.1) is 29.3 Å². The minimum absolute atomic E-state index is 0.0136. The number of nitrogens with zero attached hydrogens (tertiary/aromatic N) is 2. The SMILES string of the molecule is COc1cccc(-c2c(C)c(Cc3c(F)cccc3C(F)(F)F)c3n(c2=O)C(CNCCCCN(C)C)CS3)c1F. The number of benzene rings is 2. The van der Waals surface area contributed by atoms with Gasteiger partial charge in [-0.05, 0) is 76.3 Å². The predicted octanol–water partition coefficient (Wildman–Crippen LogP) is 6.30. The number of aromatic nitrogens is 1. The summed E-state index contributed by atoms with van der Waals surface area (Å²) < 4.78 is 78.7. The van der Waals surface area contributed by atoms with E-state index in [0.717, 1.165) is 44.1 Å². The van der Waals surface area contributed by atoms with Gasteiger partial charge in [-0.15, -0.1) is 11.8 Å². The summed E-state index contributed by atoms with van der Waals surface area (Å²) in [5.41, 5.74) is -1.32. The van der Waals surface area contributed by atoms with Gasteiger partial charge in [-0.25, -0.2) is 8.78 Å². The smallest absolute Gasteiger partial charge is 0.416 e. The van der Waals surface area contributed by atoms with Gasteiger partial charge in [0.2, 0.25) is 0 Å². The van der Waals surface area contributed by atoms with E-state index in [9.17, 15) is 22.4 Å². The number of halogens is 5. The Kier molecular flexibility index (Phi) is 9.81. The number of ether oxygens (including phenoxy) is 1. The van der Waals surface area contributed by atoms with Crippen LogP contribution in [0, 0.1) is 18.6 Å². The Bertz CT molecular complexity index is 1460. The molecule has 0 radical (unpaired) electrons. The maximum absolute atomic E-state index is 15.5. The molecule has 41 heavy (non-hydrogen) atoms. The number of pyridine rings is 1. The molecule has 0 spiro atoms. The Labute approximate surface area is 240 Å². The number of methoxy groups -OCH3 is 1. The molecular formula is C30H34F5N3O2S. The normalized spacial score (nSPS) is 15.0. The largest absolute Gasteiger partial charge is 0.494 e. The van der Waals surface area contributed by atoms with Crippen molar-refractivity contribution in [1.29, 1.82) is 0 Å². The highest BCUT2D eigenvalue weighted by molar-refractivity contribution is 7.99. The van der Waals surface area contributed by atoms with Crippen LogP contribution in [-0.4, -0.2) is 56.1 Å². The molecule has 0 aliphatic carbocycles. The van der Waals surface area contributed by atoms with Crippen molar-refractivity contribution in [1.82, 2.24) is 14.8 Å². The highest BCUT2D eigenvalue weighted by Crippen LogP contribution is 2.42. The average Bonchev–Trinajstić information content (AvgIpc) is 3.33. The zero-order valence-electron chi connectivity index (χ0n) is 23.5. The van der Waals surface area contributed by atoms with Gasteiger partial charge in [0.15, 0.2) is 11.6 Å². The van der Waals surface area contributed by atoms with Crippen LogP contribution in [0.1, 0.15) is 41.1 Å². The third-order valence-corrected chi connectivity index (χ3v) is 8.60. The zero-order chi connectivity index (χ0) is 29.9. The number of thioether (sulfide) groups is 1. The van der Waals surface area contributed by atoms with Crippen molar-refractivity contribution < 1.29 is 26.7 Å². The summed E-state index contributed by atoms with van der Waals surface area (Å²) in [6, 6.07) is 6.98. The molecule has 1 unspecified atom stereocenters. The number of nitrogens with one attached hydrogen (secondary N) is 1. The number of hydrogen-bond donors (Lipinski definition) is 1. The summed E-state index contributed by atoms with van der Waals surface area (Å²) >= 11 is 1.35. The molecule has 4 rings (SSSR count). The lowest BCUT2D eigenvalue weighted by Crippen LogP contribution is -2.33. The van der Waals surface area contributed by atoms with E-state index in [1.54, 1.807) is 17.6 Å². The van der Waals surface area contributed by atoms with E-state index in [1.807, 2.05) is 14.1 Å². The third kappa shape index (κ3) is 6.62. The number of rotatable bonds is 11. The van der Waals surface area contributed by atoms with Gasteiger partial charge in [-0.3, -0.25) is 9.36 Å². The van der Waals surface area contributed by atoms with Crippen molar-refractivity contribution in [2.75, 3.05) is 46.6 Å². The maximum Gasteiger partial charge on any atom is 0.416 e. The van der Waals surface area contributed by atoms with Crippen molar-refractivity contribution in [3.8, 4) is 16.9 Å². The zero-order valence-corrected chi connectivity index (χ0v) is 24.3. The molecule has 5 nitrogen and oxygen atoms in total. The number of alkyl halides is 3. The van der Waals surface area contributed by atoms with E-state index >= 15 is 4.39 Å². The van der Waals surface area contributed by atoms with Crippen LogP contribution >= 0.6 is 11.8 Å². The lowest BCUT2D eigenvalue weighted by atomic mass is 9.92. The van der Waals surface area contributed by atoms with Crippen LogP contribution in [0.5, 0.6) is 5.75 Å². The van der Waals surface area contributed by atoms with Crippen LogP contribution in [-0.2, 0) is 12.6 Å². The lowest BCUT2D eigenvalue weighted by molar-refractivity contribution is -0.138. The number of unbranched alkanes of at least 4 members (excludes halogenated alkanes) is 1. The second-order valence-electron chi connectivity index (χ2n) is 10.4. The van der Waals surface area contributed by atoms with Crippen LogP contribution in [0.25, 0.3) is 11.1 Å². The molecule has 1 atom stereocenters. The van der Waals surface area contributed by atoms with E-state index in [4.69, 9.17) is 4.74 Å². The van der Waals surface area contributed by atoms with E-state index in [1.165, 1.54) is 31.0 Å². The van der Waals surface area contributed by atoms with Gasteiger partial charge in [0, 0.05) is 29.8 Å².